The normalized spacial score (nSPS) is 33.5. The maximum atomic E-state index is 13.9. The summed E-state index contributed by atoms with van der Waals surface area (Å²) in [6.07, 6.45) is 2.46. The van der Waals surface area contributed by atoms with Crippen LogP contribution in [0.25, 0.3) is 0 Å². The molecule has 1 fully saturated rings. The number of hydrogen-bond donors (Lipinski definition) is 2. The second-order valence-electron chi connectivity index (χ2n) is 6.01. The maximum absolute atomic E-state index is 13.9. The van der Waals surface area contributed by atoms with Gasteiger partial charge in [0.1, 0.15) is 6.17 Å². The molecule has 5 nitrogen and oxygen atoms in total. The number of fused-ring (bicyclic) bond motifs is 1. The van der Waals surface area contributed by atoms with E-state index in [0.29, 0.717) is 12.0 Å². The molecule has 2 N–H and O–H groups in total. The van der Waals surface area contributed by atoms with Gasteiger partial charge in [0.2, 0.25) is 0 Å². The molecule has 2 rings (SSSR count). The number of nitrogens with zero attached hydrogens (tertiary/aromatic N) is 1. The lowest BCUT2D eigenvalue weighted by Gasteiger charge is -2.33. The lowest BCUT2D eigenvalue weighted by Crippen LogP contribution is -2.37. The van der Waals surface area contributed by atoms with Crippen LogP contribution in [0.2, 0.25) is 0 Å². The van der Waals surface area contributed by atoms with E-state index in [2.05, 4.69) is 14.7 Å². The first-order valence-electron chi connectivity index (χ1n) is 7.16. The zero-order valence-electron chi connectivity index (χ0n) is 12.8. The van der Waals surface area contributed by atoms with Crippen LogP contribution in [-0.2, 0) is 9.09 Å². The van der Waals surface area contributed by atoms with Crippen LogP contribution in [0.4, 0.5) is 4.39 Å². The molecule has 0 saturated heterocycles. The topological polar surface area (TPSA) is 61.8 Å². The molecule has 1 saturated carbocycles. The van der Waals surface area contributed by atoms with E-state index >= 15 is 0 Å². The van der Waals surface area contributed by atoms with Crippen molar-refractivity contribution in [2.24, 2.45) is 5.92 Å². The molecule has 0 aromatic carbocycles. The summed E-state index contributed by atoms with van der Waals surface area (Å²) in [5, 5.41) is 3.22. The molecule has 1 aliphatic heterocycles. The van der Waals surface area contributed by atoms with E-state index in [-0.39, 0.29) is 18.4 Å². The molecule has 0 aromatic rings. The average Bonchev–Trinajstić information content (AvgIpc) is 2.79. The minimum Gasteiger partial charge on any atom is -0.387 e. The summed E-state index contributed by atoms with van der Waals surface area (Å²) in [4.78, 5) is 11.8. The van der Waals surface area contributed by atoms with Crippen LogP contribution in [0.5, 0.6) is 0 Å². The third-order valence-electron chi connectivity index (χ3n) is 4.09. The zero-order valence-corrected chi connectivity index (χ0v) is 13.6. The van der Waals surface area contributed by atoms with Crippen molar-refractivity contribution in [3.63, 3.8) is 0 Å². The van der Waals surface area contributed by atoms with Crippen molar-refractivity contribution < 1.29 is 18.4 Å². The summed E-state index contributed by atoms with van der Waals surface area (Å²) in [6, 6.07) is -0.0194. The fourth-order valence-corrected chi connectivity index (χ4v) is 3.87. The number of rotatable bonds is 5. The predicted molar refractivity (Wildman–Crippen MR) is 80.7 cm³/mol. The first kappa shape index (κ1) is 16.7. The van der Waals surface area contributed by atoms with Crippen LogP contribution in [0, 0.1) is 5.92 Å². The quantitative estimate of drug-likeness (QED) is 0.762. The largest absolute Gasteiger partial charge is 0.387 e. The van der Waals surface area contributed by atoms with Gasteiger partial charge in [-0.3, -0.25) is 4.57 Å². The molecule has 120 valence electrons. The third kappa shape index (κ3) is 4.16. The van der Waals surface area contributed by atoms with Gasteiger partial charge in [-0.2, -0.15) is 0 Å². The summed E-state index contributed by atoms with van der Waals surface area (Å²) in [5.74, 6) is 1.25. The fraction of sp³-hybridized carbons (Fsp3) is 0.714. The van der Waals surface area contributed by atoms with Crippen LogP contribution in [0.15, 0.2) is 23.2 Å². The standard InChI is InChI=1S/C14H24FN2O3P/c1-17(2)5-4-10-8-16-13-7-12(15)6-11(14(10)13)9-21(18,19)20-3/h8-9,12-14,16H,4-7H2,1-3H3,(H,18,19)/b11-9+. The van der Waals surface area contributed by atoms with Crippen LogP contribution < -0.4 is 5.32 Å². The van der Waals surface area contributed by atoms with Gasteiger partial charge >= 0.3 is 7.60 Å². The lowest BCUT2D eigenvalue weighted by atomic mass is 9.77. The summed E-state index contributed by atoms with van der Waals surface area (Å²) >= 11 is 0. The Morgan fingerprint density at radius 1 is 1.62 bits per heavy atom. The Morgan fingerprint density at radius 3 is 2.95 bits per heavy atom. The van der Waals surface area contributed by atoms with Crippen molar-refractivity contribution in [3.8, 4) is 0 Å². The Kier molecular flexibility index (Phi) is 5.25. The summed E-state index contributed by atoms with van der Waals surface area (Å²) < 4.78 is 30.3. The maximum Gasteiger partial charge on any atom is 0.351 e. The van der Waals surface area contributed by atoms with Gasteiger partial charge in [0.05, 0.1) is 0 Å². The zero-order chi connectivity index (χ0) is 15.6. The highest BCUT2D eigenvalue weighted by Gasteiger charge is 2.39. The second-order valence-corrected chi connectivity index (χ2v) is 7.76. The molecular weight excluding hydrogens is 294 g/mol. The number of halogens is 1. The third-order valence-corrected chi connectivity index (χ3v) is 5.27. The number of nitrogens with one attached hydrogen (secondary N) is 1. The molecule has 2 aliphatic rings. The van der Waals surface area contributed by atoms with Crippen LogP contribution in [0.1, 0.15) is 19.3 Å². The molecule has 21 heavy (non-hydrogen) atoms. The molecule has 0 aromatic heterocycles. The highest BCUT2D eigenvalue weighted by atomic mass is 31.2. The highest BCUT2D eigenvalue weighted by molar-refractivity contribution is 7.56. The van der Waals surface area contributed by atoms with E-state index in [1.807, 2.05) is 20.3 Å². The number of alkyl halides is 1. The molecular formula is C14H24FN2O3P. The molecule has 0 radical (unpaired) electrons. The van der Waals surface area contributed by atoms with Gasteiger partial charge in [-0.1, -0.05) is 0 Å². The van der Waals surface area contributed by atoms with E-state index in [1.165, 1.54) is 18.5 Å². The van der Waals surface area contributed by atoms with Gasteiger partial charge < -0.3 is 19.6 Å². The van der Waals surface area contributed by atoms with E-state index < -0.39 is 13.8 Å². The van der Waals surface area contributed by atoms with Gasteiger partial charge in [-0.05, 0) is 44.3 Å². The van der Waals surface area contributed by atoms with Crippen LogP contribution in [-0.4, -0.2) is 49.8 Å². The molecule has 0 bridgehead atoms. The van der Waals surface area contributed by atoms with Crippen molar-refractivity contribution in [1.82, 2.24) is 10.2 Å². The molecule has 0 amide bonds. The van der Waals surface area contributed by atoms with Gasteiger partial charge in [-0.25, -0.2) is 4.39 Å². The first-order chi connectivity index (χ1) is 9.82. The molecule has 4 atom stereocenters. The van der Waals surface area contributed by atoms with Crippen molar-refractivity contribution in [3.05, 3.63) is 23.2 Å². The molecule has 7 heteroatoms. The van der Waals surface area contributed by atoms with Crippen molar-refractivity contribution >= 4 is 7.60 Å². The Balaban J connectivity index is 2.22. The lowest BCUT2D eigenvalue weighted by molar-refractivity contribution is 0.235. The molecule has 4 unspecified atom stereocenters. The van der Waals surface area contributed by atoms with Gasteiger partial charge in [0.25, 0.3) is 0 Å². The average molecular weight is 318 g/mol. The monoisotopic (exact) mass is 318 g/mol. The van der Waals surface area contributed by atoms with E-state index in [4.69, 9.17) is 0 Å². The van der Waals surface area contributed by atoms with Crippen LogP contribution in [0.3, 0.4) is 0 Å². The Bertz CT molecular complexity index is 493. The van der Waals surface area contributed by atoms with Crippen molar-refractivity contribution in [2.75, 3.05) is 27.7 Å². The predicted octanol–water partition coefficient (Wildman–Crippen LogP) is 2.26. The summed E-state index contributed by atoms with van der Waals surface area (Å²) in [5.41, 5.74) is 1.85. The van der Waals surface area contributed by atoms with Gasteiger partial charge in [-0.15, -0.1) is 0 Å². The number of hydrogen-bond acceptors (Lipinski definition) is 4. The second kappa shape index (κ2) is 6.61. The summed E-state index contributed by atoms with van der Waals surface area (Å²) in [6.45, 7) is 0.893. The Labute approximate surface area is 125 Å². The van der Waals surface area contributed by atoms with E-state index in [9.17, 15) is 13.8 Å². The van der Waals surface area contributed by atoms with E-state index in [0.717, 1.165) is 13.0 Å². The Morgan fingerprint density at radius 2 is 2.33 bits per heavy atom. The Hall–Kier alpha value is -0.680. The van der Waals surface area contributed by atoms with Crippen molar-refractivity contribution in [1.29, 1.82) is 0 Å². The molecule has 1 heterocycles. The fourth-order valence-electron chi connectivity index (χ4n) is 3.08. The van der Waals surface area contributed by atoms with Crippen molar-refractivity contribution in [2.45, 2.75) is 31.5 Å². The SMILES string of the molecule is COP(=O)(O)/C=C1\CC(F)CC2NC=C(CCN(C)C)C12. The summed E-state index contributed by atoms with van der Waals surface area (Å²) in [7, 11) is 1.42. The minimum absolute atomic E-state index is 0.00701. The van der Waals surface area contributed by atoms with Crippen LogP contribution >= 0.6 is 7.60 Å². The smallest absolute Gasteiger partial charge is 0.351 e. The molecule has 1 aliphatic carbocycles. The minimum atomic E-state index is -3.78. The highest BCUT2D eigenvalue weighted by Crippen LogP contribution is 2.49. The first-order valence-corrected chi connectivity index (χ1v) is 8.80. The van der Waals surface area contributed by atoms with E-state index in [1.54, 1.807) is 0 Å². The van der Waals surface area contributed by atoms with Gasteiger partial charge in [0, 0.05) is 37.9 Å². The van der Waals surface area contributed by atoms with Gasteiger partial charge in [0.15, 0.2) is 0 Å². The molecule has 0 spiro atoms.